The number of carbonyl (C=O) groups is 1. The van der Waals surface area contributed by atoms with Gasteiger partial charge in [-0.25, -0.2) is 4.39 Å². The van der Waals surface area contributed by atoms with Gasteiger partial charge in [-0.15, -0.1) is 0 Å². The lowest BCUT2D eigenvalue weighted by Gasteiger charge is -2.20. The summed E-state index contributed by atoms with van der Waals surface area (Å²) in [6.45, 7) is -0.379. The Morgan fingerprint density at radius 2 is 1.81 bits per heavy atom. The first-order chi connectivity index (χ1) is 12.4. The first-order valence-corrected chi connectivity index (χ1v) is 8.13. The predicted molar refractivity (Wildman–Crippen MR) is 97.8 cm³/mol. The van der Waals surface area contributed by atoms with Crippen molar-refractivity contribution in [2.45, 2.75) is 0 Å². The van der Waals surface area contributed by atoms with Gasteiger partial charge in [0.15, 0.2) is 6.61 Å². The molecule has 0 fully saturated rings. The van der Waals surface area contributed by atoms with Gasteiger partial charge < -0.3 is 14.5 Å². The molecule has 0 radical (unpaired) electrons. The number of benzene rings is 2. The number of ether oxygens (including phenoxy) is 1. The number of Topliss-reactive ketones (excluding diaryl/α,β-unsaturated/α-hetero) is 1. The molecule has 0 saturated carbocycles. The number of hydrogen-bond acceptors (Lipinski definition) is 5. The van der Waals surface area contributed by atoms with Gasteiger partial charge in [-0.2, -0.15) is 5.26 Å². The standard InChI is InChI=1S/C19H15ClFN3O2/c1-23-15-5-3-4-6-16(15)24(2)19(23)13(10-22)17(25)11-26-18-8-7-12(21)9-14(18)20/h3-9H,11H2,1-2H3. The monoisotopic (exact) mass is 371 g/mol. The van der Waals surface area contributed by atoms with E-state index in [9.17, 15) is 14.4 Å². The third-order valence-corrected chi connectivity index (χ3v) is 4.40. The summed E-state index contributed by atoms with van der Waals surface area (Å²) in [6, 6.07) is 13.2. The molecule has 0 bridgehead atoms. The molecule has 1 heterocycles. The highest BCUT2D eigenvalue weighted by molar-refractivity contribution is 6.32. The van der Waals surface area contributed by atoms with Crippen LogP contribution in [0, 0.1) is 17.1 Å². The van der Waals surface area contributed by atoms with Gasteiger partial charge in [0, 0.05) is 14.1 Å². The zero-order valence-corrected chi connectivity index (χ0v) is 14.9. The maximum absolute atomic E-state index is 13.1. The number of hydrogen-bond donors (Lipinski definition) is 0. The van der Waals surface area contributed by atoms with Crippen molar-refractivity contribution in [3.63, 3.8) is 0 Å². The van der Waals surface area contributed by atoms with Crippen LogP contribution in [0.2, 0.25) is 5.02 Å². The van der Waals surface area contributed by atoms with E-state index in [0.29, 0.717) is 5.82 Å². The Kier molecular flexibility index (Phi) is 4.83. The number of rotatable bonds is 4. The molecule has 0 N–H and O–H groups in total. The van der Waals surface area contributed by atoms with Crippen LogP contribution in [0.25, 0.3) is 0 Å². The number of fused-ring (bicyclic) bond motifs is 1. The summed E-state index contributed by atoms with van der Waals surface area (Å²) in [5, 5.41) is 9.61. The fourth-order valence-corrected chi connectivity index (χ4v) is 3.09. The summed E-state index contributed by atoms with van der Waals surface area (Å²) in [7, 11) is 3.58. The van der Waals surface area contributed by atoms with Crippen molar-refractivity contribution in [1.82, 2.24) is 0 Å². The quantitative estimate of drug-likeness (QED) is 0.605. The minimum atomic E-state index is -0.500. The van der Waals surface area contributed by atoms with Gasteiger partial charge >= 0.3 is 0 Å². The minimum Gasteiger partial charge on any atom is -0.484 e. The Balaban J connectivity index is 1.86. The largest absolute Gasteiger partial charge is 0.484 e. The molecule has 0 amide bonds. The van der Waals surface area contributed by atoms with E-state index in [1.807, 2.05) is 30.3 Å². The molecule has 0 aromatic heterocycles. The molecule has 2 aromatic carbocycles. The minimum absolute atomic E-state index is 0.0237. The summed E-state index contributed by atoms with van der Waals surface area (Å²) < 4.78 is 18.5. The Hall–Kier alpha value is -3.04. The smallest absolute Gasteiger partial charge is 0.214 e. The van der Waals surface area contributed by atoms with Crippen molar-refractivity contribution in [2.24, 2.45) is 0 Å². The third-order valence-electron chi connectivity index (χ3n) is 4.11. The lowest BCUT2D eigenvalue weighted by atomic mass is 10.2. The predicted octanol–water partition coefficient (Wildman–Crippen LogP) is 3.75. The molecule has 2 aromatic rings. The van der Waals surface area contributed by atoms with Crippen molar-refractivity contribution in [1.29, 1.82) is 5.26 Å². The number of nitrogens with zero attached hydrogens (tertiary/aromatic N) is 3. The summed E-state index contributed by atoms with van der Waals surface area (Å²) in [5.74, 6) is -0.331. The molecular formula is C19H15ClFN3O2. The highest BCUT2D eigenvalue weighted by atomic mass is 35.5. The summed E-state index contributed by atoms with van der Waals surface area (Å²) in [6.07, 6.45) is 0. The summed E-state index contributed by atoms with van der Waals surface area (Å²) >= 11 is 5.89. The Labute approximate surface area is 155 Å². The van der Waals surface area contributed by atoms with Crippen LogP contribution in [0.5, 0.6) is 5.75 Å². The molecule has 0 atom stereocenters. The van der Waals surface area contributed by atoms with Gasteiger partial charge in [-0.1, -0.05) is 23.7 Å². The van der Waals surface area contributed by atoms with Crippen LogP contribution >= 0.6 is 11.6 Å². The Bertz CT molecular complexity index is 921. The molecule has 0 unspecified atom stereocenters. The Morgan fingerprint density at radius 1 is 1.19 bits per heavy atom. The average Bonchev–Trinajstić information content (AvgIpc) is 2.87. The van der Waals surface area contributed by atoms with Crippen LogP contribution in [0.4, 0.5) is 15.8 Å². The number of ketones is 1. The van der Waals surface area contributed by atoms with Crippen LogP contribution in [0.3, 0.4) is 0 Å². The SMILES string of the molecule is CN1C(=C(C#N)C(=O)COc2ccc(F)cc2Cl)N(C)c2ccccc21. The van der Waals surface area contributed by atoms with Gasteiger partial charge in [0.05, 0.1) is 16.4 Å². The first kappa shape index (κ1) is 17.8. The molecule has 0 saturated heterocycles. The van der Waals surface area contributed by atoms with Crippen LogP contribution in [-0.2, 0) is 4.79 Å². The molecule has 132 valence electrons. The average molecular weight is 372 g/mol. The van der Waals surface area contributed by atoms with E-state index in [4.69, 9.17) is 16.3 Å². The second kappa shape index (κ2) is 7.06. The van der Waals surface area contributed by atoms with Gasteiger partial charge in [0.1, 0.15) is 29.0 Å². The molecule has 26 heavy (non-hydrogen) atoms. The number of para-hydroxylation sites is 2. The van der Waals surface area contributed by atoms with Crippen LogP contribution < -0.4 is 14.5 Å². The third kappa shape index (κ3) is 3.09. The van der Waals surface area contributed by atoms with Crippen LogP contribution in [0.15, 0.2) is 53.9 Å². The van der Waals surface area contributed by atoms with Gasteiger partial charge in [-0.3, -0.25) is 4.79 Å². The van der Waals surface area contributed by atoms with Crippen LogP contribution in [-0.4, -0.2) is 26.5 Å². The van der Waals surface area contributed by atoms with Gasteiger partial charge in [-0.05, 0) is 30.3 Å². The molecule has 3 rings (SSSR count). The Morgan fingerprint density at radius 3 is 2.35 bits per heavy atom. The van der Waals surface area contributed by atoms with Crippen molar-refractivity contribution >= 4 is 28.8 Å². The van der Waals surface area contributed by atoms with Crippen molar-refractivity contribution in [3.05, 3.63) is 64.7 Å². The van der Waals surface area contributed by atoms with E-state index in [1.54, 1.807) is 23.9 Å². The molecule has 0 spiro atoms. The van der Waals surface area contributed by atoms with Crippen molar-refractivity contribution in [3.8, 4) is 11.8 Å². The molecular weight excluding hydrogens is 357 g/mol. The topological polar surface area (TPSA) is 56.6 Å². The zero-order chi connectivity index (χ0) is 18.8. The fraction of sp³-hybridized carbons (Fsp3) is 0.158. The molecule has 0 aliphatic carbocycles. The van der Waals surface area contributed by atoms with Crippen molar-refractivity contribution in [2.75, 3.05) is 30.5 Å². The van der Waals surface area contributed by atoms with E-state index in [2.05, 4.69) is 0 Å². The number of carbonyl (C=O) groups excluding carboxylic acids is 1. The van der Waals surface area contributed by atoms with E-state index in [1.165, 1.54) is 12.1 Å². The van der Waals surface area contributed by atoms with Crippen molar-refractivity contribution < 1.29 is 13.9 Å². The molecule has 7 heteroatoms. The van der Waals surface area contributed by atoms with E-state index >= 15 is 0 Å². The lowest BCUT2D eigenvalue weighted by Crippen LogP contribution is -2.27. The summed E-state index contributed by atoms with van der Waals surface area (Å²) in [5.41, 5.74) is 1.77. The fourth-order valence-electron chi connectivity index (χ4n) is 2.86. The second-order valence-corrected chi connectivity index (χ2v) is 6.11. The van der Waals surface area contributed by atoms with Crippen LogP contribution in [0.1, 0.15) is 0 Å². The highest BCUT2D eigenvalue weighted by Gasteiger charge is 2.31. The molecule has 5 nitrogen and oxygen atoms in total. The highest BCUT2D eigenvalue weighted by Crippen LogP contribution is 2.40. The lowest BCUT2D eigenvalue weighted by molar-refractivity contribution is -0.117. The van der Waals surface area contributed by atoms with E-state index in [0.717, 1.165) is 17.4 Å². The number of anilines is 2. The first-order valence-electron chi connectivity index (χ1n) is 7.76. The maximum Gasteiger partial charge on any atom is 0.214 e. The normalized spacial score (nSPS) is 12.7. The number of halogens is 2. The van der Waals surface area contributed by atoms with Gasteiger partial charge in [0.2, 0.25) is 5.78 Å². The van der Waals surface area contributed by atoms with Gasteiger partial charge in [0.25, 0.3) is 0 Å². The van der Waals surface area contributed by atoms with E-state index in [-0.39, 0.29) is 23.0 Å². The zero-order valence-electron chi connectivity index (χ0n) is 14.2. The van der Waals surface area contributed by atoms with E-state index < -0.39 is 11.6 Å². The molecule has 1 aliphatic heterocycles. The number of nitriles is 1. The maximum atomic E-state index is 13.1. The summed E-state index contributed by atoms with van der Waals surface area (Å²) in [4.78, 5) is 16.2. The second-order valence-electron chi connectivity index (χ2n) is 5.70. The molecule has 1 aliphatic rings.